The van der Waals surface area contributed by atoms with Crippen LogP contribution in [-0.2, 0) is 4.79 Å². The molecule has 0 atom stereocenters. The van der Waals surface area contributed by atoms with Gasteiger partial charge in [-0.2, -0.15) is 0 Å². The van der Waals surface area contributed by atoms with E-state index in [2.05, 4.69) is 5.32 Å². The molecule has 2 aromatic rings. The number of likely N-dealkylation sites (tertiary alicyclic amines) is 1. The van der Waals surface area contributed by atoms with Crippen LogP contribution in [0.4, 0.5) is 0 Å². The van der Waals surface area contributed by atoms with Crippen molar-refractivity contribution < 1.29 is 14.0 Å². The van der Waals surface area contributed by atoms with Crippen LogP contribution < -0.4 is 5.32 Å². The molecule has 0 spiro atoms. The van der Waals surface area contributed by atoms with Gasteiger partial charge in [0.05, 0.1) is 5.02 Å². The predicted octanol–water partition coefficient (Wildman–Crippen LogP) is 3.92. The minimum Gasteiger partial charge on any atom is -0.449 e. The van der Waals surface area contributed by atoms with Crippen LogP contribution in [0.3, 0.4) is 0 Å². The van der Waals surface area contributed by atoms with Crippen LogP contribution in [-0.4, -0.2) is 36.3 Å². The lowest BCUT2D eigenvalue weighted by atomic mass is 10.1. The number of nitrogens with zero attached hydrogens (tertiary/aromatic N) is 1. The molecule has 1 saturated heterocycles. The quantitative estimate of drug-likeness (QED) is 0.820. The van der Waals surface area contributed by atoms with Gasteiger partial charge in [0.25, 0.3) is 5.91 Å². The van der Waals surface area contributed by atoms with E-state index in [0.29, 0.717) is 35.9 Å². The van der Waals surface area contributed by atoms with Crippen LogP contribution in [0.2, 0.25) is 5.02 Å². The smallest absolute Gasteiger partial charge is 0.287 e. The molecule has 0 unspecified atom stereocenters. The number of carbonyl (C=O) groups excluding carboxylic acids is 2. The normalized spacial score (nSPS) is 15.4. The van der Waals surface area contributed by atoms with Crippen molar-refractivity contribution >= 4 is 34.4 Å². The van der Waals surface area contributed by atoms with Crippen molar-refractivity contribution in [2.24, 2.45) is 0 Å². The third-order valence-corrected chi connectivity index (χ3v) is 4.98. The van der Waals surface area contributed by atoms with Gasteiger partial charge in [0.1, 0.15) is 0 Å². The van der Waals surface area contributed by atoms with Gasteiger partial charge in [-0.15, -0.1) is 0 Å². The summed E-state index contributed by atoms with van der Waals surface area (Å²) in [6.45, 7) is 3.87. The number of fused-ring (bicyclic) bond motifs is 1. The predicted molar refractivity (Wildman–Crippen MR) is 98.0 cm³/mol. The fourth-order valence-corrected chi connectivity index (χ4v) is 3.47. The Labute approximate surface area is 152 Å². The molecule has 1 aromatic carbocycles. The van der Waals surface area contributed by atoms with E-state index in [1.807, 2.05) is 24.0 Å². The maximum absolute atomic E-state index is 12.4. The number of benzene rings is 1. The molecule has 2 heterocycles. The Balaban J connectivity index is 1.55. The lowest BCUT2D eigenvalue weighted by Crippen LogP contribution is -2.34. The fraction of sp³-hybridized carbons (Fsp3) is 0.474. The first-order valence-corrected chi connectivity index (χ1v) is 9.19. The van der Waals surface area contributed by atoms with Crippen LogP contribution in [0.15, 0.2) is 22.6 Å². The van der Waals surface area contributed by atoms with Gasteiger partial charge in [0.2, 0.25) is 5.91 Å². The summed E-state index contributed by atoms with van der Waals surface area (Å²) in [5, 5.41) is 4.23. The summed E-state index contributed by atoms with van der Waals surface area (Å²) < 4.78 is 5.66. The first-order valence-electron chi connectivity index (χ1n) is 8.81. The first-order chi connectivity index (χ1) is 12.1. The number of nitrogens with one attached hydrogen (secondary N) is 1. The molecule has 0 radical (unpaired) electrons. The molecule has 2 amide bonds. The van der Waals surface area contributed by atoms with E-state index >= 15 is 0 Å². The third kappa shape index (κ3) is 3.98. The lowest BCUT2D eigenvalue weighted by Gasteiger charge is -2.20. The second kappa shape index (κ2) is 7.91. The van der Waals surface area contributed by atoms with E-state index in [9.17, 15) is 9.59 Å². The van der Waals surface area contributed by atoms with Gasteiger partial charge in [-0.25, -0.2) is 0 Å². The van der Waals surface area contributed by atoms with Crippen molar-refractivity contribution in [3.8, 4) is 0 Å². The first kappa shape index (κ1) is 17.8. The minimum absolute atomic E-state index is 0.228. The summed E-state index contributed by atoms with van der Waals surface area (Å²) in [6.07, 6.45) is 4.55. The van der Waals surface area contributed by atoms with Gasteiger partial charge in [-0.3, -0.25) is 9.59 Å². The molecule has 0 saturated carbocycles. The van der Waals surface area contributed by atoms with Crippen molar-refractivity contribution in [2.75, 3.05) is 19.6 Å². The van der Waals surface area contributed by atoms with Crippen molar-refractivity contribution in [1.82, 2.24) is 10.2 Å². The van der Waals surface area contributed by atoms with Crippen LogP contribution in [0.25, 0.3) is 11.0 Å². The molecule has 6 heteroatoms. The number of aryl methyl sites for hydroxylation is 1. The number of hydrogen-bond donors (Lipinski definition) is 1. The summed E-state index contributed by atoms with van der Waals surface area (Å²) >= 11 is 6.12. The molecule has 0 bridgehead atoms. The molecular weight excluding hydrogens is 340 g/mol. The molecule has 1 aliphatic heterocycles. The van der Waals surface area contributed by atoms with Crippen molar-refractivity contribution in [2.45, 2.75) is 39.0 Å². The minimum atomic E-state index is -0.244. The van der Waals surface area contributed by atoms with E-state index in [4.69, 9.17) is 16.0 Å². The highest BCUT2D eigenvalue weighted by Gasteiger charge is 2.19. The average Bonchev–Trinajstić information content (AvgIpc) is 2.80. The van der Waals surface area contributed by atoms with Gasteiger partial charge >= 0.3 is 0 Å². The monoisotopic (exact) mass is 362 g/mol. The Morgan fingerprint density at radius 1 is 1.32 bits per heavy atom. The zero-order valence-electron chi connectivity index (χ0n) is 14.4. The van der Waals surface area contributed by atoms with E-state index in [1.54, 1.807) is 6.07 Å². The lowest BCUT2D eigenvalue weighted by molar-refractivity contribution is -0.130. The number of hydrogen-bond acceptors (Lipinski definition) is 3. The molecule has 1 aliphatic rings. The highest BCUT2D eigenvalue weighted by Crippen LogP contribution is 2.30. The van der Waals surface area contributed by atoms with E-state index in [0.717, 1.165) is 43.2 Å². The van der Waals surface area contributed by atoms with Crippen LogP contribution in [0, 0.1) is 6.92 Å². The van der Waals surface area contributed by atoms with Crippen LogP contribution >= 0.6 is 11.6 Å². The molecular formula is C19H23ClN2O3. The largest absolute Gasteiger partial charge is 0.449 e. The Morgan fingerprint density at radius 3 is 2.96 bits per heavy atom. The number of furan rings is 1. The molecule has 5 nitrogen and oxygen atoms in total. The summed E-state index contributed by atoms with van der Waals surface area (Å²) in [4.78, 5) is 26.2. The van der Waals surface area contributed by atoms with E-state index in [-0.39, 0.29) is 11.8 Å². The number of para-hydroxylation sites is 1. The molecule has 1 fully saturated rings. The zero-order chi connectivity index (χ0) is 17.8. The van der Waals surface area contributed by atoms with Gasteiger partial charge < -0.3 is 14.6 Å². The number of halogens is 1. The Bertz CT molecular complexity index is 784. The van der Waals surface area contributed by atoms with Gasteiger partial charge in [-0.1, -0.05) is 30.2 Å². The maximum atomic E-state index is 12.4. The molecule has 1 N–H and O–H groups in total. The standard InChI is InChI=1S/C19H23ClN2O3/c1-13-14-7-5-8-15(20)18(14)25-17(13)19(24)21-10-6-12-22-11-4-2-3-9-16(22)23/h5,7-8H,2-4,6,9-12H2,1H3,(H,21,24). The van der Waals surface area contributed by atoms with Crippen LogP contribution in [0.5, 0.6) is 0 Å². The maximum Gasteiger partial charge on any atom is 0.287 e. The molecule has 0 aliphatic carbocycles. The molecule has 134 valence electrons. The SMILES string of the molecule is Cc1c(C(=O)NCCCN2CCCCCC2=O)oc2c(Cl)cccc12. The third-order valence-electron chi connectivity index (χ3n) is 4.68. The zero-order valence-corrected chi connectivity index (χ0v) is 15.2. The average molecular weight is 363 g/mol. The van der Waals surface area contributed by atoms with E-state index < -0.39 is 0 Å². The van der Waals surface area contributed by atoms with Crippen molar-refractivity contribution in [3.05, 3.63) is 34.5 Å². The van der Waals surface area contributed by atoms with Gasteiger partial charge in [0, 0.05) is 37.0 Å². The van der Waals surface area contributed by atoms with Crippen molar-refractivity contribution in [1.29, 1.82) is 0 Å². The molecule has 3 rings (SSSR count). The highest BCUT2D eigenvalue weighted by atomic mass is 35.5. The number of rotatable bonds is 5. The summed E-state index contributed by atoms with van der Waals surface area (Å²) in [6, 6.07) is 5.47. The van der Waals surface area contributed by atoms with Crippen LogP contribution in [0.1, 0.15) is 48.2 Å². The second-order valence-electron chi connectivity index (χ2n) is 6.47. The Kier molecular flexibility index (Phi) is 5.63. The highest BCUT2D eigenvalue weighted by molar-refractivity contribution is 6.35. The summed E-state index contributed by atoms with van der Waals surface area (Å²) in [5.41, 5.74) is 1.33. The topological polar surface area (TPSA) is 62.6 Å². The summed E-state index contributed by atoms with van der Waals surface area (Å²) in [7, 11) is 0. The van der Waals surface area contributed by atoms with E-state index in [1.165, 1.54) is 0 Å². The van der Waals surface area contributed by atoms with Gasteiger partial charge in [0.15, 0.2) is 11.3 Å². The van der Waals surface area contributed by atoms with Gasteiger partial charge in [-0.05, 0) is 32.3 Å². The Morgan fingerprint density at radius 2 is 2.16 bits per heavy atom. The number of amides is 2. The summed E-state index contributed by atoms with van der Waals surface area (Å²) in [5.74, 6) is 0.285. The molecule has 1 aromatic heterocycles. The fourth-order valence-electron chi connectivity index (χ4n) is 3.25. The second-order valence-corrected chi connectivity index (χ2v) is 6.88. The Hall–Kier alpha value is -2.01. The number of carbonyl (C=O) groups is 2. The van der Waals surface area contributed by atoms with Crippen molar-refractivity contribution in [3.63, 3.8) is 0 Å². The molecule has 25 heavy (non-hydrogen) atoms.